The third-order valence-corrected chi connectivity index (χ3v) is 2.91. The Morgan fingerprint density at radius 3 is 2.58 bits per heavy atom. The molecule has 0 spiro atoms. The number of rotatable bonds is 3. The van der Waals surface area contributed by atoms with Crippen LogP contribution in [0.15, 0.2) is 36.4 Å². The van der Waals surface area contributed by atoms with E-state index in [1.54, 1.807) is 0 Å². The van der Waals surface area contributed by atoms with Crippen molar-refractivity contribution in [2.75, 3.05) is 7.11 Å². The fraction of sp³-hybridized carbons (Fsp3) is 0.0714. The summed E-state index contributed by atoms with van der Waals surface area (Å²) in [6, 6.07) is 8.34. The second-order valence-electron chi connectivity index (χ2n) is 3.84. The van der Waals surface area contributed by atoms with Crippen molar-refractivity contribution in [3.8, 4) is 16.9 Å². The third-order valence-electron chi connectivity index (χ3n) is 2.68. The lowest BCUT2D eigenvalue weighted by atomic mass is 9.99. The number of methoxy groups -OCH3 is 1. The van der Waals surface area contributed by atoms with Gasteiger partial charge in [-0.1, -0.05) is 11.6 Å². The molecule has 2 aromatic rings. The van der Waals surface area contributed by atoms with Gasteiger partial charge in [0.25, 0.3) is 0 Å². The molecule has 2 aromatic carbocycles. The van der Waals surface area contributed by atoms with Gasteiger partial charge < -0.3 is 9.84 Å². The summed E-state index contributed by atoms with van der Waals surface area (Å²) in [4.78, 5) is 11.2. The Morgan fingerprint density at radius 2 is 1.95 bits per heavy atom. The summed E-state index contributed by atoms with van der Waals surface area (Å²) in [5, 5.41) is 9.47. The zero-order chi connectivity index (χ0) is 14.0. The van der Waals surface area contributed by atoms with E-state index in [1.807, 2.05) is 0 Å². The highest BCUT2D eigenvalue weighted by molar-refractivity contribution is 6.31. The smallest absolute Gasteiger partial charge is 0.336 e. The second kappa shape index (κ2) is 5.28. The largest absolute Gasteiger partial charge is 0.497 e. The van der Waals surface area contributed by atoms with Crippen molar-refractivity contribution in [2.24, 2.45) is 0 Å². The molecule has 1 N–H and O–H groups in total. The van der Waals surface area contributed by atoms with E-state index in [4.69, 9.17) is 21.4 Å². The summed E-state index contributed by atoms with van der Waals surface area (Å²) in [7, 11) is 1.45. The molecule has 0 radical (unpaired) electrons. The maximum absolute atomic E-state index is 13.9. The van der Waals surface area contributed by atoms with Crippen molar-refractivity contribution in [2.45, 2.75) is 0 Å². The van der Waals surface area contributed by atoms with Crippen LogP contribution in [0.3, 0.4) is 0 Å². The van der Waals surface area contributed by atoms with Gasteiger partial charge in [-0.2, -0.15) is 0 Å². The van der Waals surface area contributed by atoms with Gasteiger partial charge in [-0.3, -0.25) is 0 Å². The van der Waals surface area contributed by atoms with Crippen LogP contribution in [0.5, 0.6) is 5.75 Å². The van der Waals surface area contributed by atoms with Gasteiger partial charge in [0.2, 0.25) is 0 Å². The molecule has 0 aliphatic carbocycles. The summed E-state index contributed by atoms with van der Waals surface area (Å²) in [5.74, 6) is -1.24. The number of aromatic carboxylic acids is 1. The topological polar surface area (TPSA) is 46.5 Å². The minimum Gasteiger partial charge on any atom is -0.497 e. The van der Waals surface area contributed by atoms with Crippen LogP contribution in [0.2, 0.25) is 5.02 Å². The fourth-order valence-electron chi connectivity index (χ4n) is 1.76. The highest BCUT2D eigenvalue weighted by Crippen LogP contribution is 2.31. The second-order valence-corrected chi connectivity index (χ2v) is 4.28. The minimum atomic E-state index is -1.14. The zero-order valence-electron chi connectivity index (χ0n) is 9.98. The van der Waals surface area contributed by atoms with Gasteiger partial charge in [-0.05, 0) is 36.4 Å². The maximum atomic E-state index is 13.9. The fourth-order valence-corrected chi connectivity index (χ4v) is 1.94. The van der Waals surface area contributed by atoms with Gasteiger partial charge in [0.05, 0.1) is 12.7 Å². The van der Waals surface area contributed by atoms with Crippen molar-refractivity contribution in [1.82, 2.24) is 0 Å². The molecule has 2 rings (SSSR count). The molecular weight excluding hydrogens is 271 g/mol. The van der Waals surface area contributed by atoms with Crippen LogP contribution in [0.25, 0.3) is 11.1 Å². The molecule has 0 saturated carbocycles. The first-order valence-corrected chi connectivity index (χ1v) is 5.77. The van der Waals surface area contributed by atoms with Crippen LogP contribution in [0.4, 0.5) is 4.39 Å². The third kappa shape index (κ3) is 2.69. The van der Waals surface area contributed by atoms with Crippen LogP contribution >= 0.6 is 11.6 Å². The van der Waals surface area contributed by atoms with E-state index in [1.165, 1.54) is 43.5 Å². The highest BCUT2D eigenvalue weighted by atomic mass is 35.5. The molecule has 19 heavy (non-hydrogen) atoms. The van der Waals surface area contributed by atoms with Crippen LogP contribution < -0.4 is 4.74 Å². The van der Waals surface area contributed by atoms with E-state index in [0.29, 0.717) is 10.8 Å². The first-order chi connectivity index (χ1) is 9.02. The Labute approximate surface area is 114 Å². The maximum Gasteiger partial charge on any atom is 0.336 e. The Hall–Kier alpha value is -2.07. The molecule has 0 bridgehead atoms. The lowest BCUT2D eigenvalue weighted by Crippen LogP contribution is -2.00. The average molecular weight is 281 g/mol. The first-order valence-electron chi connectivity index (χ1n) is 5.39. The SMILES string of the molecule is COc1ccc(F)c(-c2cc(Cl)ccc2C(=O)O)c1. The van der Waals surface area contributed by atoms with E-state index in [0.717, 1.165) is 0 Å². The van der Waals surface area contributed by atoms with Crippen LogP contribution in [-0.2, 0) is 0 Å². The highest BCUT2D eigenvalue weighted by Gasteiger charge is 2.16. The Balaban J connectivity index is 2.70. The predicted octanol–water partition coefficient (Wildman–Crippen LogP) is 3.85. The summed E-state index contributed by atoms with van der Waals surface area (Å²) in [6.45, 7) is 0. The number of carboxylic acids is 1. The molecular formula is C14H10ClFO3. The molecule has 0 saturated heterocycles. The summed E-state index contributed by atoms with van der Waals surface area (Å²) < 4.78 is 18.9. The van der Waals surface area contributed by atoms with Crippen molar-refractivity contribution in [1.29, 1.82) is 0 Å². The first kappa shape index (κ1) is 13.4. The van der Waals surface area contributed by atoms with Crippen molar-refractivity contribution < 1.29 is 19.0 Å². The number of hydrogen-bond acceptors (Lipinski definition) is 2. The van der Waals surface area contributed by atoms with E-state index < -0.39 is 11.8 Å². The van der Waals surface area contributed by atoms with Crippen molar-refractivity contribution in [3.63, 3.8) is 0 Å². The average Bonchev–Trinajstić information content (AvgIpc) is 2.38. The molecule has 0 heterocycles. The number of ether oxygens (including phenoxy) is 1. The molecule has 98 valence electrons. The number of carbonyl (C=O) groups is 1. The number of benzene rings is 2. The molecule has 0 amide bonds. The normalized spacial score (nSPS) is 10.3. The van der Waals surface area contributed by atoms with Crippen LogP contribution in [0.1, 0.15) is 10.4 Å². The monoisotopic (exact) mass is 280 g/mol. The number of hydrogen-bond donors (Lipinski definition) is 1. The van der Waals surface area contributed by atoms with Crippen LogP contribution in [-0.4, -0.2) is 18.2 Å². The minimum absolute atomic E-state index is 0.0171. The molecule has 0 fully saturated rings. The molecule has 5 heteroatoms. The van der Waals surface area contributed by atoms with E-state index in [2.05, 4.69) is 0 Å². The van der Waals surface area contributed by atoms with Gasteiger partial charge in [-0.25, -0.2) is 9.18 Å². The summed E-state index contributed by atoms with van der Waals surface area (Å²) >= 11 is 5.85. The summed E-state index contributed by atoms with van der Waals surface area (Å²) in [6.07, 6.45) is 0. The van der Waals surface area contributed by atoms with Crippen LogP contribution in [0, 0.1) is 5.82 Å². The number of carboxylic acid groups (broad SMARTS) is 1. The molecule has 3 nitrogen and oxygen atoms in total. The summed E-state index contributed by atoms with van der Waals surface area (Å²) in [5.41, 5.74) is 0.340. The van der Waals surface area contributed by atoms with Gasteiger partial charge >= 0.3 is 5.97 Å². The zero-order valence-corrected chi connectivity index (χ0v) is 10.7. The Morgan fingerprint density at radius 1 is 1.21 bits per heavy atom. The van der Waals surface area contributed by atoms with E-state index in [-0.39, 0.29) is 16.7 Å². The lowest BCUT2D eigenvalue weighted by Gasteiger charge is -2.10. The molecule has 0 atom stereocenters. The van der Waals surface area contributed by atoms with Crippen molar-refractivity contribution in [3.05, 3.63) is 52.8 Å². The molecule has 0 aliphatic rings. The van der Waals surface area contributed by atoms with Crippen molar-refractivity contribution >= 4 is 17.6 Å². The predicted molar refractivity (Wildman–Crippen MR) is 70.4 cm³/mol. The van der Waals surface area contributed by atoms with Gasteiger partial charge in [0.15, 0.2) is 0 Å². The Kier molecular flexibility index (Phi) is 3.71. The van der Waals surface area contributed by atoms with E-state index in [9.17, 15) is 9.18 Å². The lowest BCUT2D eigenvalue weighted by molar-refractivity contribution is 0.0697. The van der Waals surface area contributed by atoms with E-state index >= 15 is 0 Å². The molecule has 0 aromatic heterocycles. The van der Waals surface area contributed by atoms with Gasteiger partial charge in [0, 0.05) is 16.1 Å². The molecule has 0 aliphatic heterocycles. The van der Waals surface area contributed by atoms with Gasteiger partial charge in [-0.15, -0.1) is 0 Å². The molecule has 0 unspecified atom stereocenters. The van der Waals surface area contributed by atoms with Gasteiger partial charge in [0.1, 0.15) is 11.6 Å². The standard InChI is InChI=1S/C14H10ClFO3/c1-19-9-3-5-13(16)12(7-9)11-6-8(15)2-4-10(11)14(17)18/h2-7H,1H3,(H,17,18). The Bertz CT molecular complexity index is 641. The quantitative estimate of drug-likeness (QED) is 0.929. The number of halogens is 2.